The molecule has 4 aliphatic rings. The Morgan fingerprint density at radius 3 is 1.09 bits per heavy atom. The number of ether oxygens (including phenoxy) is 3. The fraction of sp³-hybridized carbons (Fsp3) is 0.500. The molecule has 0 amide bonds. The average molecular weight is 1020 g/mol. The summed E-state index contributed by atoms with van der Waals surface area (Å²) < 4.78 is 26.8. The first-order valence-corrected chi connectivity index (χ1v) is 30.0. The Labute approximate surface area is 394 Å². The molecule has 314 valence electrons. The molecule has 0 N–H and O–H groups in total. The first kappa shape index (κ1) is 50.5. The summed E-state index contributed by atoms with van der Waals surface area (Å²) in [5, 5.41) is 0.906. The molecule has 4 heterocycles. The normalized spacial score (nSPS) is 18.6. The number of carbonyl (C=O) groups excluding carboxylic acids is 3. The number of rotatable bonds is 24. The fourth-order valence-corrected chi connectivity index (χ4v) is 23.1. The van der Waals surface area contributed by atoms with Gasteiger partial charge in [0.1, 0.15) is 0 Å². The third-order valence-electron chi connectivity index (χ3n) is 7.10. The Balaban J connectivity index is 1.35. The largest absolute Gasteiger partial charge is 0.466 e. The minimum Gasteiger partial charge on any atom is -0.466 e. The lowest BCUT2D eigenvalue weighted by Crippen LogP contribution is -2.04. The van der Waals surface area contributed by atoms with Crippen molar-refractivity contribution < 1.29 is 28.6 Å². The zero-order valence-corrected chi connectivity index (χ0v) is 43.4. The molecular formula is C38H48O6S13. The lowest BCUT2D eigenvalue weighted by molar-refractivity contribution is -0.143. The van der Waals surface area contributed by atoms with Gasteiger partial charge in [-0.1, -0.05) is 115 Å². The van der Waals surface area contributed by atoms with Crippen LogP contribution in [0.1, 0.15) is 80.1 Å². The van der Waals surface area contributed by atoms with Gasteiger partial charge in [0.25, 0.3) is 0 Å². The second-order valence-electron chi connectivity index (χ2n) is 11.1. The highest BCUT2D eigenvalue weighted by Gasteiger charge is 2.26. The Kier molecular flexibility index (Phi) is 25.3. The smallest absolute Gasteiger partial charge is 0.306 e. The first-order valence-electron chi connectivity index (χ1n) is 18.5. The third kappa shape index (κ3) is 17.9. The van der Waals surface area contributed by atoms with E-state index in [-0.39, 0.29) is 17.9 Å². The molecule has 0 aromatic heterocycles. The number of carbonyl (C=O) groups is 3. The molecule has 4 rings (SSSR count). The van der Waals surface area contributed by atoms with E-state index < -0.39 is 0 Å². The van der Waals surface area contributed by atoms with Crippen LogP contribution in [0.5, 0.6) is 0 Å². The van der Waals surface area contributed by atoms with Gasteiger partial charge < -0.3 is 14.2 Å². The monoisotopic (exact) mass is 1020 g/mol. The zero-order valence-electron chi connectivity index (χ0n) is 32.8. The molecule has 0 unspecified atom stereocenters. The van der Waals surface area contributed by atoms with Crippen molar-refractivity contribution in [3.05, 3.63) is 77.2 Å². The molecule has 6 nitrogen and oxygen atoms in total. The van der Waals surface area contributed by atoms with Gasteiger partial charge in [0.05, 0.1) is 73.0 Å². The van der Waals surface area contributed by atoms with Gasteiger partial charge >= 0.3 is 17.9 Å². The molecule has 4 aliphatic heterocycles. The summed E-state index contributed by atoms with van der Waals surface area (Å²) in [6.45, 7) is 13.4. The first-order chi connectivity index (χ1) is 27.7. The Morgan fingerprint density at radius 2 is 0.719 bits per heavy atom. The lowest BCUT2D eigenvalue weighted by Gasteiger charge is -2.06. The van der Waals surface area contributed by atoms with E-state index in [1.807, 2.05) is 115 Å². The molecule has 57 heavy (non-hydrogen) atoms. The van der Waals surface area contributed by atoms with Gasteiger partial charge in [-0.2, -0.15) is 0 Å². The highest BCUT2D eigenvalue weighted by Crippen LogP contribution is 2.61. The molecule has 0 aromatic rings. The van der Waals surface area contributed by atoms with Crippen LogP contribution in [0.15, 0.2) is 77.2 Å². The van der Waals surface area contributed by atoms with Crippen molar-refractivity contribution in [1.29, 1.82) is 0 Å². The van der Waals surface area contributed by atoms with Crippen molar-refractivity contribution in [1.82, 2.24) is 0 Å². The quantitative estimate of drug-likeness (QED) is 0.0522. The van der Waals surface area contributed by atoms with Crippen molar-refractivity contribution in [3.8, 4) is 0 Å². The van der Waals surface area contributed by atoms with Crippen molar-refractivity contribution in [2.45, 2.75) is 80.1 Å². The van der Waals surface area contributed by atoms with E-state index in [1.165, 1.54) is 52.8 Å². The van der Waals surface area contributed by atoms with Gasteiger partial charge in [-0.3, -0.25) is 14.4 Å². The third-order valence-corrected chi connectivity index (χ3v) is 25.1. The van der Waals surface area contributed by atoms with Crippen LogP contribution in [0.3, 0.4) is 0 Å². The van der Waals surface area contributed by atoms with Gasteiger partial charge in [0.15, 0.2) is 0 Å². The standard InChI is InChI=1S/C38H48O6S13/c1-7-24-25(8-2)51-30(50-24)13-15-33-56-37(47-22-19-29(41)44-12-6)38(57-33)49-23-48-34-26(9-3)52-31(53-34)14-16-32-54-35(45-20-17-27(39)42-10-4)36(55-32)46-21-18-28(40)43-11-5/h13-16H,7-12,17-23H2,1-6H3/b31-14+,33-15-. The van der Waals surface area contributed by atoms with Crippen LogP contribution in [0.2, 0.25) is 0 Å². The Hall–Kier alpha value is 0.880. The van der Waals surface area contributed by atoms with Crippen LogP contribution in [-0.2, 0) is 28.6 Å². The molecule has 0 fully saturated rings. The summed E-state index contributed by atoms with van der Waals surface area (Å²) in [6.07, 6.45) is 13.3. The maximum Gasteiger partial charge on any atom is 0.306 e. The van der Waals surface area contributed by atoms with Crippen LogP contribution in [0.4, 0.5) is 0 Å². The topological polar surface area (TPSA) is 78.9 Å². The van der Waals surface area contributed by atoms with E-state index in [4.69, 9.17) is 14.2 Å². The van der Waals surface area contributed by atoms with Crippen molar-refractivity contribution >= 4 is 171 Å². The summed E-state index contributed by atoms with van der Waals surface area (Å²) in [5.74, 6) is 1.52. The molecule has 0 atom stereocenters. The predicted octanol–water partition coefficient (Wildman–Crippen LogP) is 15.6. The highest BCUT2D eigenvalue weighted by molar-refractivity contribution is 8.43. The van der Waals surface area contributed by atoms with E-state index >= 15 is 0 Å². The number of allylic oxidation sites excluding steroid dienone is 7. The minimum absolute atomic E-state index is 0.140. The summed E-state index contributed by atoms with van der Waals surface area (Å²) in [6, 6.07) is 0. The highest BCUT2D eigenvalue weighted by atomic mass is 32.3. The van der Waals surface area contributed by atoms with Crippen molar-refractivity contribution in [2.75, 3.05) is 42.2 Å². The van der Waals surface area contributed by atoms with Crippen molar-refractivity contribution in [3.63, 3.8) is 0 Å². The minimum atomic E-state index is -0.177. The second-order valence-corrected chi connectivity index (χ2v) is 27.8. The predicted molar refractivity (Wildman–Crippen MR) is 273 cm³/mol. The van der Waals surface area contributed by atoms with Gasteiger partial charge in [0, 0.05) is 31.5 Å². The maximum absolute atomic E-state index is 12.1. The van der Waals surface area contributed by atoms with Crippen LogP contribution in [-0.4, -0.2) is 60.1 Å². The molecule has 19 heteroatoms. The number of hydrogen-bond donors (Lipinski definition) is 0. The molecule has 0 aromatic carbocycles. The zero-order chi connectivity index (χ0) is 41.0. The van der Waals surface area contributed by atoms with Crippen LogP contribution in [0.25, 0.3) is 0 Å². The number of hydrogen-bond acceptors (Lipinski definition) is 19. The SMILES string of the molecule is CCOC(=O)CCSC1=C(SCCC(=O)OCC)SC(=C/C=C2\SC(CC)=C(SCSC3=C(SCCC(=O)OCC)S/C(=C/C=C4SC(CC)=C(CC)S4)S3)S2)S1. The molecule has 0 radical (unpaired) electrons. The van der Waals surface area contributed by atoms with Crippen LogP contribution in [0, 0.1) is 0 Å². The van der Waals surface area contributed by atoms with Crippen LogP contribution >= 0.6 is 153 Å². The van der Waals surface area contributed by atoms with Crippen molar-refractivity contribution in [2.24, 2.45) is 0 Å². The summed E-state index contributed by atoms with van der Waals surface area (Å²) in [5.41, 5.74) is 0. The van der Waals surface area contributed by atoms with Crippen LogP contribution < -0.4 is 0 Å². The van der Waals surface area contributed by atoms with E-state index in [0.717, 1.165) is 24.3 Å². The second kappa shape index (κ2) is 28.5. The average Bonchev–Trinajstić information content (AvgIpc) is 3.98. The number of thioether (sulfide) groups is 13. The molecule has 0 aliphatic carbocycles. The number of esters is 3. The lowest BCUT2D eigenvalue weighted by atomic mass is 10.3. The Bertz CT molecular complexity index is 1650. The van der Waals surface area contributed by atoms with Gasteiger partial charge in [-0.15, -0.1) is 58.8 Å². The summed E-state index contributed by atoms with van der Waals surface area (Å²) >= 11 is 23.6. The summed E-state index contributed by atoms with van der Waals surface area (Å²) in [4.78, 5) is 40.4. The van der Waals surface area contributed by atoms with E-state index in [0.29, 0.717) is 56.3 Å². The Morgan fingerprint density at radius 1 is 0.421 bits per heavy atom. The molecule has 0 bridgehead atoms. The van der Waals surface area contributed by atoms with E-state index in [1.54, 1.807) is 58.8 Å². The maximum atomic E-state index is 12.1. The van der Waals surface area contributed by atoms with Gasteiger partial charge in [0.2, 0.25) is 0 Å². The van der Waals surface area contributed by atoms with E-state index in [2.05, 4.69) is 45.1 Å². The fourth-order valence-electron chi connectivity index (χ4n) is 4.56. The molecule has 0 spiro atoms. The van der Waals surface area contributed by atoms with Gasteiger partial charge in [-0.25, -0.2) is 0 Å². The van der Waals surface area contributed by atoms with Gasteiger partial charge in [-0.05, 0) is 74.1 Å². The molecule has 0 saturated heterocycles. The molecule has 0 saturated carbocycles. The summed E-state index contributed by atoms with van der Waals surface area (Å²) in [7, 11) is 0. The van der Waals surface area contributed by atoms with E-state index in [9.17, 15) is 14.4 Å². The molecular weight excluding hydrogens is 969 g/mol.